The SMILES string of the molecule is COc1ccc(-n2c(=O)[nH]c3cnc(Cl)cc32)cc1OCc1ccccc1. The van der Waals surface area contributed by atoms with Crippen LogP contribution in [0.2, 0.25) is 5.15 Å². The predicted octanol–water partition coefficient (Wildman–Crippen LogP) is 3.95. The molecule has 136 valence electrons. The molecule has 27 heavy (non-hydrogen) atoms. The van der Waals surface area contributed by atoms with Gasteiger partial charge < -0.3 is 14.5 Å². The number of nitrogens with zero attached hydrogens (tertiary/aromatic N) is 2. The summed E-state index contributed by atoms with van der Waals surface area (Å²) in [5.74, 6) is 1.13. The Morgan fingerprint density at radius 1 is 1.11 bits per heavy atom. The van der Waals surface area contributed by atoms with E-state index in [9.17, 15) is 4.79 Å². The summed E-state index contributed by atoms with van der Waals surface area (Å²) in [6.07, 6.45) is 1.53. The lowest BCUT2D eigenvalue weighted by Crippen LogP contribution is -2.14. The molecule has 0 saturated carbocycles. The van der Waals surface area contributed by atoms with Crippen molar-refractivity contribution in [3.63, 3.8) is 0 Å². The van der Waals surface area contributed by atoms with Crippen molar-refractivity contribution in [2.24, 2.45) is 0 Å². The van der Waals surface area contributed by atoms with Crippen LogP contribution in [0, 0.1) is 0 Å². The first-order valence-electron chi connectivity index (χ1n) is 8.27. The van der Waals surface area contributed by atoms with Crippen LogP contribution in [0.15, 0.2) is 65.6 Å². The molecule has 0 aliphatic rings. The van der Waals surface area contributed by atoms with Crippen LogP contribution < -0.4 is 15.2 Å². The lowest BCUT2D eigenvalue weighted by molar-refractivity contribution is 0.284. The van der Waals surface area contributed by atoms with Gasteiger partial charge in [-0.1, -0.05) is 41.9 Å². The number of nitrogens with one attached hydrogen (secondary N) is 1. The molecule has 2 heterocycles. The standard InChI is InChI=1S/C20H16ClN3O3/c1-26-17-8-7-14(9-18(17)27-12-13-5-3-2-4-6-13)24-16-10-19(21)22-11-15(16)23-20(24)25/h2-11H,12H2,1H3,(H,23,25). The van der Waals surface area contributed by atoms with Crippen molar-refractivity contribution in [1.82, 2.24) is 14.5 Å². The number of ether oxygens (including phenoxy) is 2. The highest BCUT2D eigenvalue weighted by molar-refractivity contribution is 6.29. The number of hydrogen-bond acceptors (Lipinski definition) is 4. The van der Waals surface area contributed by atoms with Gasteiger partial charge in [-0.05, 0) is 17.7 Å². The van der Waals surface area contributed by atoms with E-state index in [0.29, 0.717) is 40.0 Å². The van der Waals surface area contributed by atoms with Crippen molar-refractivity contribution in [2.75, 3.05) is 7.11 Å². The third-order valence-electron chi connectivity index (χ3n) is 4.18. The summed E-state index contributed by atoms with van der Waals surface area (Å²) in [5.41, 5.74) is 2.63. The molecule has 2 aromatic carbocycles. The summed E-state index contributed by atoms with van der Waals surface area (Å²) in [5, 5.41) is 0.310. The third kappa shape index (κ3) is 3.39. The zero-order chi connectivity index (χ0) is 18.8. The summed E-state index contributed by atoms with van der Waals surface area (Å²) in [6, 6.07) is 16.8. The average molecular weight is 382 g/mol. The Balaban J connectivity index is 1.75. The maximum absolute atomic E-state index is 12.5. The van der Waals surface area contributed by atoms with Crippen molar-refractivity contribution in [3.05, 3.63) is 82.0 Å². The molecule has 4 aromatic rings. The molecule has 0 aliphatic heterocycles. The largest absolute Gasteiger partial charge is 0.493 e. The second-order valence-corrected chi connectivity index (χ2v) is 6.29. The summed E-state index contributed by atoms with van der Waals surface area (Å²) >= 11 is 6.00. The van der Waals surface area contributed by atoms with Crippen LogP contribution in [0.4, 0.5) is 0 Å². The van der Waals surface area contributed by atoms with Crippen molar-refractivity contribution in [2.45, 2.75) is 6.61 Å². The molecular formula is C20H16ClN3O3. The van der Waals surface area contributed by atoms with Gasteiger partial charge in [0.15, 0.2) is 11.5 Å². The summed E-state index contributed by atoms with van der Waals surface area (Å²) in [6.45, 7) is 0.388. The number of aromatic amines is 1. The number of H-pyrrole nitrogens is 1. The van der Waals surface area contributed by atoms with Crippen LogP contribution >= 0.6 is 11.6 Å². The second kappa shape index (κ2) is 7.17. The van der Waals surface area contributed by atoms with E-state index in [1.165, 1.54) is 10.8 Å². The van der Waals surface area contributed by atoms with Crippen LogP contribution in [-0.2, 0) is 6.61 Å². The van der Waals surface area contributed by atoms with Crippen molar-refractivity contribution in [1.29, 1.82) is 0 Å². The van der Waals surface area contributed by atoms with Crippen LogP contribution in [0.25, 0.3) is 16.7 Å². The minimum Gasteiger partial charge on any atom is -0.493 e. The number of rotatable bonds is 5. The van der Waals surface area contributed by atoms with Gasteiger partial charge in [0, 0.05) is 12.1 Å². The van der Waals surface area contributed by atoms with Gasteiger partial charge in [0.05, 0.1) is 30.0 Å². The molecule has 0 unspecified atom stereocenters. The highest BCUT2D eigenvalue weighted by Crippen LogP contribution is 2.31. The second-order valence-electron chi connectivity index (χ2n) is 5.90. The zero-order valence-corrected chi connectivity index (χ0v) is 15.2. The maximum Gasteiger partial charge on any atom is 0.331 e. The molecule has 0 fully saturated rings. The van der Waals surface area contributed by atoms with Crippen LogP contribution in [0.3, 0.4) is 0 Å². The van der Waals surface area contributed by atoms with Crippen LogP contribution in [0.5, 0.6) is 11.5 Å². The van der Waals surface area contributed by atoms with Crippen molar-refractivity contribution >= 4 is 22.6 Å². The Morgan fingerprint density at radius 3 is 2.70 bits per heavy atom. The fourth-order valence-corrected chi connectivity index (χ4v) is 3.04. The first kappa shape index (κ1) is 17.2. The Hall–Kier alpha value is -3.25. The van der Waals surface area contributed by atoms with E-state index < -0.39 is 0 Å². The first-order valence-corrected chi connectivity index (χ1v) is 8.65. The van der Waals surface area contributed by atoms with Gasteiger partial charge in [0.2, 0.25) is 0 Å². The van der Waals surface area contributed by atoms with E-state index >= 15 is 0 Å². The number of pyridine rings is 1. The van der Waals surface area contributed by atoms with Gasteiger partial charge in [-0.25, -0.2) is 9.78 Å². The molecule has 1 N–H and O–H groups in total. The van der Waals surface area contributed by atoms with E-state index in [4.69, 9.17) is 21.1 Å². The molecule has 0 bridgehead atoms. The minimum absolute atomic E-state index is 0.284. The van der Waals surface area contributed by atoms with Crippen molar-refractivity contribution in [3.8, 4) is 17.2 Å². The molecule has 0 spiro atoms. The van der Waals surface area contributed by atoms with Gasteiger partial charge in [-0.15, -0.1) is 0 Å². The summed E-state index contributed by atoms with van der Waals surface area (Å²) in [4.78, 5) is 19.2. The number of halogens is 1. The molecule has 7 heteroatoms. The number of fused-ring (bicyclic) bond motifs is 1. The molecule has 0 aliphatic carbocycles. The Morgan fingerprint density at radius 2 is 1.93 bits per heavy atom. The molecule has 0 saturated heterocycles. The van der Waals surface area contributed by atoms with Gasteiger partial charge >= 0.3 is 5.69 Å². The first-order chi connectivity index (χ1) is 13.2. The predicted molar refractivity (Wildman–Crippen MR) is 104 cm³/mol. The molecule has 0 amide bonds. The lowest BCUT2D eigenvalue weighted by atomic mass is 10.2. The Labute approximate surface area is 160 Å². The van der Waals surface area contributed by atoms with E-state index in [-0.39, 0.29) is 5.69 Å². The van der Waals surface area contributed by atoms with Gasteiger partial charge in [0.1, 0.15) is 11.8 Å². The molecule has 2 aromatic heterocycles. The minimum atomic E-state index is -0.284. The highest BCUT2D eigenvalue weighted by Gasteiger charge is 2.13. The third-order valence-corrected chi connectivity index (χ3v) is 4.38. The fourth-order valence-electron chi connectivity index (χ4n) is 2.89. The molecule has 0 atom stereocenters. The average Bonchev–Trinajstić information content (AvgIpc) is 3.02. The van der Waals surface area contributed by atoms with E-state index in [1.54, 1.807) is 31.4 Å². The Kier molecular flexibility index (Phi) is 4.56. The normalized spacial score (nSPS) is 10.9. The van der Waals surface area contributed by atoms with E-state index in [1.807, 2.05) is 30.3 Å². The maximum atomic E-state index is 12.5. The monoisotopic (exact) mass is 381 g/mol. The number of hydrogen-bond donors (Lipinski definition) is 1. The molecule has 0 radical (unpaired) electrons. The highest BCUT2D eigenvalue weighted by atomic mass is 35.5. The van der Waals surface area contributed by atoms with Crippen LogP contribution in [-0.4, -0.2) is 21.6 Å². The lowest BCUT2D eigenvalue weighted by Gasteiger charge is -2.13. The number of methoxy groups -OCH3 is 1. The summed E-state index contributed by atoms with van der Waals surface area (Å²) < 4.78 is 12.9. The van der Waals surface area contributed by atoms with Gasteiger partial charge in [0.25, 0.3) is 0 Å². The topological polar surface area (TPSA) is 69.1 Å². The number of imidazole rings is 1. The summed E-state index contributed by atoms with van der Waals surface area (Å²) in [7, 11) is 1.58. The molecule has 6 nitrogen and oxygen atoms in total. The van der Waals surface area contributed by atoms with E-state index in [0.717, 1.165) is 5.56 Å². The zero-order valence-electron chi connectivity index (χ0n) is 14.5. The molecular weight excluding hydrogens is 366 g/mol. The fraction of sp³-hybridized carbons (Fsp3) is 0.100. The van der Waals surface area contributed by atoms with Crippen molar-refractivity contribution < 1.29 is 9.47 Å². The van der Waals surface area contributed by atoms with Gasteiger partial charge in [-0.3, -0.25) is 4.57 Å². The quantitative estimate of drug-likeness (QED) is 0.531. The van der Waals surface area contributed by atoms with Crippen LogP contribution in [0.1, 0.15) is 5.56 Å². The Bertz CT molecular complexity index is 1150. The molecule has 4 rings (SSSR count). The smallest absolute Gasteiger partial charge is 0.331 e. The van der Waals surface area contributed by atoms with Gasteiger partial charge in [-0.2, -0.15) is 0 Å². The number of aromatic nitrogens is 3. The number of benzene rings is 2. The van der Waals surface area contributed by atoms with E-state index in [2.05, 4.69) is 9.97 Å².